The van der Waals surface area contributed by atoms with Crippen molar-refractivity contribution in [3.63, 3.8) is 0 Å². The van der Waals surface area contributed by atoms with Gasteiger partial charge < -0.3 is 14.7 Å². The van der Waals surface area contributed by atoms with Crippen LogP contribution in [0.1, 0.15) is 23.7 Å². The second-order valence-corrected chi connectivity index (χ2v) is 10.4. The van der Waals surface area contributed by atoms with Crippen molar-refractivity contribution in [3.05, 3.63) is 58.3 Å². The fourth-order valence-corrected chi connectivity index (χ4v) is 5.97. The second-order valence-electron chi connectivity index (χ2n) is 6.57. The van der Waals surface area contributed by atoms with E-state index in [1.54, 1.807) is 0 Å². The molecule has 0 unspecified atom stereocenters. The zero-order valence-electron chi connectivity index (χ0n) is 15.7. The highest BCUT2D eigenvalue weighted by Gasteiger charge is 2.42. The van der Waals surface area contributed by atoms with Gasteiger partial charge in [0.25, 0.3) is 0 Å². The van der Waals surface area contributed by atoms with Crippen molar-refractivity contribution in [3.8, 4) is 10.6 Å². The van der Waals surface area contributed by atoms with Crippen LogP contribution >= 0.6 is 27.3 Å². The number of alkyl halides is 3. The van der Waals surface area contributed by atoms with Crippen LogP contribution in [0.3, 0.4) is 0 Å². The quantitative estimate of drug-likeness (QED) is 0.393. The van der Waals surface area contributed by atoms with Crippen LogP contribution in [0.15, 0.2) is 55.7 Å². The molecule has 0 amide bonds. The summed E-state index contributed by atoms with van der Waals surface area (Å²) in [5.41, 5.74) is 0.973. The Kier molecular flexibility index (Phi) is 6.97. The molecule has 0 aliphatic heterocycles. The lowest BCUT2D eigenvalue weighted by atomic mass is 10.1. The molecule has 2 heterocycles. The molecule has 172 valence electrons. The number of hydrogen-bond donors (Lipinski definition) is 3. The number of aromatic nitrogens is 1. The summed E-state index contributed by atoms with van der Waals surface area (Å²) in [5, 5.41) is 17.3. The van der Waals surface area contributed by atoms with Crippen molar-refractivity contribution >= 4 is 43.4 Å². The average Bonchev–Trinajstić information content (AvgIpc) is 3.11. The highest BCUT2D eigenvalue weighted by atomic mass is 79.9. The lowest BCUT2D eigenvalue weighted by Gasteiger charge is -2.06. The Hall–Kier alpha value is -2.42. The first-order valence-electron chi connectivity index (χ1n) is 8.71. The van der Waals surface area contributed by atoms with Gasteiger partial charge in [0.15, 0.2) is 0 Å². The minimum absolute atomic E-state index is 0.0110. The Balaban J connectivity index is 0.000000668. The van der Waals surface area contributed by atoms with Crippen LogP contribution in [0, 0.1) is 0 Å². The molecule has 1 aromatic carbocycles. The van der Waals surface area contributed by atoms with Crippen LogP contribution in [-0.4, -0.2) is 36.0 Å². The van der Waals surface area contributed by atoms with Crippen LogP contribution in [0.4, 0.5) is 18.0 Å². The van der Waals surface area contributed by atoms with Crippen LogP contribution in [-0.2, 0) is 16.2 Å². The van der Waals surface area contributed by atoms with Crippen molar-refractivity contribution in [1.29, 1.82) is 0 Å². The zero-order valence-corrected chi connectivity index (χ0v) is 18.9. The molecule has 0 bridgehead atoms. The molecule has 3 aromatic rings. The molecule has 4 rings (SSSR count). The average molecular weight is 555 g/mol. The van der Waals surface area contributed by atoms with Gasteiger partial charge in [-0.3, -0.25) is 0 Å². The fraction of sp³-hybridized carbons (Fsp3) is 0.222. The second kappa shape index (κ2) is 9.21. The first-order chi connectivity index (χ1) is 14.9. The molecule has 8 nitrogen and oxygen atoms in total. The van der Waals surface area contributed by atoms with Crippen LogP contribution in [0.25, 0.3) is 10.6 Å². The molecule has 32 heavy (non-hydrogen) atoms. The molecule has 0 saturated heterocycles. The van der Waals surface area contributed by atoms with Crippen molar-refractivity contribution in [2.75, 3.05) is 0 Å². The van der Waals surface area contributed by atoms with E-state index in [-0.39, 0.29) is 26.7 Å². The van der Waals surface area contributed by atoms with E-state index in [0.717, 1.165) is 27.4 Å². The van der Waals surface area contributed by atoms with Crippen molar-refractivity contribution in [2.45, 2.75) is 28.8 Å². The Morgan fingerprint density at radius 1 is 1.22 bits per heavy atom. The lowest BCUT2D eigenvalue weighted by Crippen LogP contribution is -2.26. The lowest BCUT2D eigenvalue weighted by molar-refractivity contribution is -0.155. The summed E-state index contributed by atoms with van der Waals surface area (Å²) in [7, 11) is -3.79. The minimum Gasteiger partial charge on any atom is -0.450 e. The topological polar surface area (TPSA) is 130 Å². The maximum Gasteiger partial charge on any atom is 0.503 e. The van der Waals surface area contributed by atoms with Gasteiger partial charge in [-0.05, 0) is 30.2 Å². The molecule has 1 aliphatic rings. The van der Waals surface area contributed by atoms with Gasteiger partial charge in [0, 0.05) is 22.5 Å². The maximum absolute atomic E-state index is 12.6. The van der Waals surface area contributed by atoms with E-state index >= 15 is 0 Å². The summed E-state index contributed by atoms with van der Waals surface area (Å²) in [5.74, 6) is -1.15. The third kappa shape index (κ3) is 5.88. The van der Waals surface area contributed by atoms with E-state index in [1.807, 2.05) is 24.3 Å². The predicted molar refractivity (Wildman–Crippen MR) is 111 cm³/mol. The number of thiophene rings is 1. The van der Waals surface area contributed by atoms with Crippen LogP contribution < -0.4 is 4.72 Å². The summed E-state index contributed by atoms with van der Waals surface area (Å²) in [6.07, 6.45) is -5.80. The molecule has 0 radical (unpaired) electrons. The van der Waals surface area contributed by atoms with Crippen molar-refractivity contribution < 1.29 is 41.1 Å². The number of halogens is 4. The third-order valence-corrected chi connectivity index (χ3v) is 8.10. The number of benzene rings is 1. The van der Waals surface area contributed by atoms with E-state index < -0.39 is 28.1 Å². The Morgan fingerprint density at radius 3 is 2.47 bits per heavy atom. The van der Waals surface area contributed by atoms with Gasteiger partial charge in [0.05, 0.1) is 4.88 Å². The van der Waals surface area contributed by atoms with E-state index in [2.05, 4.69) is 30.3 Å². The highest BCUT2D eigenvalue weighted by molar-refractivity contribution is 9.10. The summed E-state index contributed by atoms with van der Waals surface area (Å²) < 4.78 is 71.0. The first-order valence-corrected chi connectivity index (χ1v) is 11.8. The van der Waals surface area contributed by atoms with E-state index in [0.29, 0.717) is 6.42 Å². The van der Waals surface area contributed by atoms with Crippen molar-refractivity contribution in [2.24, 2.45) is 0 Å². The standard InChI is InChI=1S/C17H12BrF3N2O3S2.CH2O3/c18-11-4-2-1-3-9(11)10-7-12(10)23-28(24,25)16-6-5-14(27-16)13-8-15(26-22-13)17(19,20)21;2-1(3)4/h1-6,8,10,12,23H,7H2;(H2,2,3,4)/t10-,12+;/m1./s1. The number of rotatable bonds is 5. The number of carbonyl (C=O) groups is 1. The summed E-state index contributed by atoms with van der Waals surface area (Å²) in [6, 6.07) is 10.9. The van der Waals surface area contributed by atoms with Gasteiger partial charge in [-0.1, -0.05) is 39.3 Å². The number of hydrogen-bond acceptors (Lipinski definition) is 6. The monoisotopic (exact) mass is 554 g/mol. The maximum atomic E-state index is 12.6. The van der Waals surface area contributed by atoms with Crippen molar-refractivity contribution in [1.82, 2.24) is 9.88 Å². The smallest absolute Gasteiger partial charge is 0.450 e. The van der Waals surface area contributed by atoms with Gasteiger partial charge in [-0.25, -0.2) is 17.9 Å². The minimum atomic E-state index is -4.65. The Labute approximate surface area is 191 Å². The zero-order chi connectivity index (χ0) is 23.7. The van der Waals surface area contributed by atoms with E-state index in [4.69, 9.17) is 15.0 Å². The third-order valence-electron chi connectivity index (χ3n) is 4.29. The first kappa shape index (κ1) is 24.2. The van der Waals surface area contributed by atoms with Crippen LogP contribution in [0.2, 0.25) is 0 Å². The fourth-order valence-electron chi connectivity index (χ4n) is 2.83. The molecule has 2 aromatic heterocycles. The molecule has 1 aliphatic carbocycles. The van der Waals surface area contributed by atoms with Gasteiger partial charge >= 0.3 is 12.3 Å². The van der Waals surface area contributed by atoms with Gasteiger partial charge in [0.1, 0.15) is 9.90 Å². The van der Waals surface area contributed by atoms with Gasteiger partial charge in [-0.15, -0.1) is 11.3 Å². The molecule has 0 spiro atoms. The number of nitrogens with one attached hydrogen (secondary N) is 1. The number of nitrogens with zero attached hydrogens (tertiary/aromatic N) is 1. The molecule has 1 saturated carbocycles. The largest absolute Gasteiger partial charge is 0.503 e. The van der Waals surface area contributed by atoms with E-state index in [9.17, 15) is 21.6 Å². The molecule has 14 heteroatoms. The summed E-state index contributed by atoms with van der Waals surface area (Å²) >= 11 is 4.30. The van der Waals surface area contributed by atoms with Gasteiger partial charge in [0.2, 0.25) is 15.8 Å². The van der Waals surface area contributed by atoms with Gasteiger partial charge in [-0.2, -0.15) is 13.2 Å². The Morgan fingerprint density at radius 2 is 1.88 bits per heavy atom. The number of carboxylic acid groups (broad SMARTS) is 2. The Bertz CT molecular complexity index is 1220. The van der Waals surface area contributed by atoms with E-state index in [1.165, 1.54) is 12.1 Å². The predicted octanol–water partition coefficient (Wildman–Crippen LogP) is 5.24. The summed E-state index contributed by atoms with van der Waals surface area (Å²) in [6.45, 7) is 0. The molecule has 3 N–H and O–H groups in total. The number of sulfonamides is 1. The molecular weight excluding hydrogens is 541 g/mol. The SMILES string of the molecule is O=C(O)O.O=S(=O)(N[C@H]1C[C@@H]1c1ccccc1Br)c1ccc(-c2cc(C(F)(F)F)on2)s1. The normalized spacial score (nSPS) is 18.0. The molecule has 1 fully saturated rings. The highest BCUT2D eigenvalue weighted by Crippen LogP contribution is 2.44. The van der Waals surface area contributed by atoms with Crippen LogP contribution in [0.5, 0.6) is 0 Å². The molecule has 2 atom stereocenters. The summed E-state index contributed by atoms with van der Waals surface area (Å²) in [4.78, 5) is 8.83. The molecular formula is C18H14BrF3N2O6S2.